The average Bonchev–Trinajstić information content (AvgIpc) is 2.99. The molecule has 1 N–H and O–H groups in total. The van der Waals surface area contributed by atoms with Crippen LogP contribution in [0.4, 0.5) is 5.69 Å². The molecule has 0 fully saturated rings. The zero-order chi connectivity index (χ0) is 14.7. The van der Waals surface area contributed by atoms with E-state index in [0.29, 0.717) is 0 Å². The molecule has 0 amide bonds. The number of nitrogens with zero attached hydrogens (tertiary/aromatic N) is 3. The van der Waals surface area contributed by atoms with Gasteiger partial charge in [-0.15, -0.1) is 0 Å². The SMILES string of the molecule is Cc1cc(C)cc(NCc2ccc(-n3cncn3)cc2)c1. The number of aromatic nitrogens is 3. The Hall–Kier alpha value is -2.62. The summed E-state index contributed by atoms with van der Waals surface area (Å²) in [4.78, 5) is 3.95. The van der Waals surface area contributed by atoms with E-state index in [2.05, 4.69) is 59.6 Å². The maximum Gasteiger partial charge on any atom is 0.138 e. The molecule has 1 aromatic heterocycles. The number of rotatable bonds is 4. The minimum atomic E-state index is 0.806. The van der Waals surface area contributed by atoms with Crippen LogP contribution in [0, 0.1) is 13.8 Å². The lowest BCUT2D eigenvalue weighted by atomic mass is 10.1. The van der Waals surface area contributed by atoms with Crippen molar-refractivity contribution < 1.29 is 0 Å². The lowest BCUT2D eigenvalue weighted by molar-refractivity contribution is 0.877. The zero-order valence-corrected chi connectivity index (χ0v) is 12.2. The molecule has 4 nitrogen and oxygen atoms in total. The molecule has 0 bridgehead atoms. The second kappa shape index (κ2) is 5.79. The van der Waals surface area contributed by atoms with Crippen LogP contribution in [-0.4, -0.2) is 14.8 Å². The Balaban J connectivity index is 1.68. The molecule has 0 aliphatic heterocycles. The highest BCUT2D eigenvalue weighted by atomic mass is 15.3. The average molecular weight is 278 g/mol. The summed E-state index contributed by atoms with van der Waals surface area (Å²) < 4.78 is 1.75. The van der Waals surface area contributed by atoms with Crippen molar-refractivity contribution in [3.8, 4) is 5.69 Å². The topological polar surface area (TPSA) is 42.7 Å². The van der Waals surface area contributed by atoms with Crippen molar-refractivity contribution in [1.29, 1.82) is 0 Å². The normalized spacial score (nSPS) is 10.6. The van der Waals surface area contributed by atoms with Crippen LogP contribution in [0.2, 0.25) is 0 Å². The van der Waals surface area contributed by atoms with Gasteiger partial charge in [0, 0.05) is 12.2 Å². The smallest absolute Gasteiger partial charge is 0.138 e. The fraction of sp³-hybridized carbons (Fsp3) is 0.176. The number of anilines is 1. The summed E-state index contributed by atoms with van der Waals surface area (Å²) in [6, 6.07) is 14.8. The van der Waals surface area contributed by atoms with Gasteiger partial charge in [-0.3, -0.25) is 0 Å². The van der Waals surface area contributed by atoms with Gasteiger partial charge in [0.05, 0.1) is 5.69 Å². The summed E-state index contributed by atoms with van der Waals surface area (Å²) in [5.41, 5.74) is 5.96. The molecule has 0 radical (unpaired) electrons. The van der Waals surface area contributed by atoms with Crippen LogP contribution in [0.3, 0.4) is 0 Å². The number of benzene rings is 2. The van der Waals surface area contributed by atoms with Gasteiger partial charge in [-0.2, -0.15) is 5.10 Å². The van der Waals surface area contributed by atoms with Gasteiger partial charge in [0.1, 0.15) is 12.7 Å². The van der Waals surface area contributed by atoms with E-state index in [9.17, 15) is 0 Å². The van der Waals surface area contributed by atoms with Crippen LogP contribution in [0.1, 0.15) is 16.7 Å². The molecule has 0 saturated carbocycles. The van der Waals surface area contributed by atoms with Crippen molar-refractivity contribution in [2.24, 2.45) is 0 Å². The lowest BCUT2D eigenvalue weighted by Gasteiger charge is -2.09. The van der Waals surface area contributed by atoms with Crippen LogP contribution >= 0.6 is 0 Å². The first-order valence-electron chi connectivity index (χ1n) is 6.97. The Kier molecular flexibility index (Phi) is 3.69. The Labute approximate surface area is 124 Å². The minimum Gasteiger partial charge on any atom is -0.381 e. The van der Waals surface area contributed by atoms with Gasteiger partial charge < -0.3 is 5.32 Å². The van der Waals surface area contributed by atoms with Crippen molar-refractivity contribution in [1.82, 2.24) is 14.8 Å². The summed E-state index contributed by atoms with van der Waals surface area (Å²) >= 11 is 0. The van der Waals surface area contributed by atoms with E-state index in [1.54, 1.807) is 11.0 Å². The van der Waals surface area contributed by atoms with Crippen LogP contribution in [0.15, 0.2) is 55.1 Å². The van der Waals surface area contributed by atoms with Gasteiger partial charge in [-0.1, -0.05) is 18.2 Å². The quantitative estimate of drug-likeness (QED) is 0.794. The van der Waals surface area contributed by atoms with Crippen molar-refractivity contribution >= 4 is 5.69 Å². The molecular weight excluding hydrogens is 260 g/mol. The standard InChI is InChI=1S/C17H18N4/c1-13-7-14(2)9-16(8-13)19-10-15-3-5-17(6-4-15)21-12-18-11-20-21/h3-9,11-12,19H,10H2,1-2H3. The molecule has 0 saturated heterocycles. The molecule has 0 atom stereocenters. The molecule has 3 aromatic rings. The van der Waals surface area contributed by atoms with Gasteiger partial charge >= 0.3 is 0 Å². The number of aryl methyl sites for hydroxylation is 2. The van der Waals surface area contributed by atoms with E-state index in [1.165, 1.54) is 23.0 Å². The van der Waals surface area contributed by atoms with E-state index in [0.717, 1.165) is 17.9 Å². The maximum atomic E-state index is 4.12. The highest BCUT2D eigenvalue weighted by Gasteiger charge is 1.99. The van der Waals surface area contributed by atoms with Gasteiger partial charge in [-0.25, -0.2) is 9.67 Å². The Bertz CT molecular complexity index is 695. The predicted octanol–water partition coefficient (Wildman–Crippen LogP) is 3.50. The molecule has 3 rings (SSSR count). The fourth-order valence-corrected chi connectivity index (χ4v) is 2.39. The highest BCUT2D eigenvalue weighted by molar-refractivity contribution is 5.49. The molecule has 106 valence electrons. The molecule has 0 aliphatic rings. The number of hydrogen-bond donors (Lipinski definition) is 1. The van der Waals surface area contributed by atoms with Crippen LogP contribution < -0.4 is 5.32 Å². The lowest BCUT2D eigenvalue weighted by Crippen LogP contribution is -2.01. The van der Waals surface area contributed by atoms with E-state index in [1.807, 2.05) is 12.1 Å². The van der Waals surface area contributed by atoms with Gasteiger partial charge in [-0.05, 0) is 54.8 Å². The molecule has 21 heavy (non-hydrogen) atoms. The molecule has 0 unspecified atom stereocenters. The van der Waals surface area contributed by atoms with Crippen LogP contribution in [0.25, 0.3) is 5.69 Å². The van der Waals surface area contributed by atoms with E-state index in [-0.39, 0.29) is 0 Å². The number of nitrogens with one attached hydrogen (secondary N) is 1. The first kappa shape index (κ1) is 13.4. The van der Waals surface area contributed by atoms with E-state index >= 15 is 0 Å². The van der Waals surface area contributed by atoms with Crippen LogP contribution in [0.5, 0.6) is 0 Å². The Morgan fingerprint density at radius 3 is 2.33 bits per heavy atom. The summed E-state index contributed by atoms with van der Waals surface area (Å²) in [7, 11) is 0. The molecule has 1 heterocycles. The Morgan fingerprint density at radius 2 is 1.71 bits per heavy atom. The maximum absolute atomic E-state index is 4.12. The first-order valence-corrected chi connectivity index (χ1v) is 6.97. The molecule has 2 aromatic carbocycles. The second-order valence-electron chi connectivity index (χ2n) is 5.24. The third-order valence-corrected chi connectivity index (χ3v) is 3.34. The summed E-state index contributed by atoms with van der Waals surface area (Å²) in [5.74, 6) is 0. The monoisotopic (exact) mass is 278 g/mol. The second-order valence-corrected chi connectivity index (χ2v) is 5.24. The molecule has 0 aliphatic carbocycles. The largest absolute Gasteiger partial charge is 0.381 e. The summed E-state index contributed by atoms with van der Waals surface area (Å²) in [6.07, 6.45) is 3.23. The minimum absolute atomic E-state index is 0.806. The fourth-order valence-electron chi connectivity index (χ4n) is 2.39. The summed E-state index contributed by atoms with van der Waals surface area (Å²) in [6.45, 7) is 5.04. The molecular formula is C17H18N4. The van der Waals surface area contributed by atoms with Gasteiger partial charge in [0.2, 0.25) is 0 Å². The Morgan fingerprint density at radius 1 is 1.00 bits per heavy atom. The third kappa shape index (κ3) is 3.28. The predicted molar refractivity (Wildman–Crippen MR) is 84.6 cm³/mol. The number of hydrogen-bond acceptors (Lipinski definition) is 3. The van der Waals surface area contributed by atoms with E-state index < -0.39 is 0 Å². The first-order chi connectivity index (χ1) is 10.2. The summed E-state index contributed by atoms with van der Waals surface area (Å²) in [5, 5.41) is 7.58. The molecule has 4 heteroatoms. The van der Waals surface area contributed by atoms with Crippen LogP contribution in [-0.2, 0) is 6.54 Å². The van der Waals surface area contributed by atoms with Crippen molar-refractivity contribution in [2.45, 2.75) is 20.4 Å². The highest BCUT2D eigenvalue weighted by Crippen LogP contribution is 2.15. The van der Waals surface area contributed by atoms with Crippen molar-refractivity contribution in [3.63, 3.8) is 0 Å². The zero-order valence-electron chi connectivity index (χ0n) is 12.2. The van der Waals surface area contributed by atoms with Gasteiger partial charge in [0.15, 0.2) is 0 Å². The molecule has 0 spiro atoms. The van der Waals surface area contributed by atoms with E-state index in [4.69, 9.17) is 0 Å². The van der Waals surface area contributed by atoms with Crippen molar-refractivity contribution in [3.05, 3.63) is 71.8 Å². The van der Waals surface area contributed by atoms with Crippen molar-refractivity contribution in [2.75, 3.05) is 5.32 Å². The third-order valence-electron chi connectivity index (χ3n) is 3.34. The van der Waals surface area contributed by atoms with Gasteiger partial charge in [0.25, 0.3) is 0 Å².